The van der Waals surface area contributed by atoms with Gasteiger partial charge in [0.15, 0.2) is 0 Å². The molecule has 3 rings (SSSR count). The molecule has 0 aliphatic heterocycles. The molecule has 1 aromatic rings. The van der Waals surface area contributed by atoms with Crippen LogP contribution >= 0.6 is 0 Å². The van der Waals surface area contributed by atoms with Crippen molar-refractivity contribution in [2.45, 2.75) is 25.7 Å². The van der Waals surface area contributed by atoms with E-state index in [1.165, 1.54) is 37.8 Å². The largest absolute Gasteiger partial charge is 0.384 e. The summed E-state index contributed by atoms with van der Waals surface area (Å²) in [4.78, 5) is 10.4. The highest BCUT2D eigenvalue weighted by Crippen LogP contribution is 2.61. The van der Waals surface area contributed by atoms with Gasteiger partial charge in [-0.3, -0.25) is 10.1 Å². The summed E-state index contributed by atoms with van der Waals surface area (Å²) in [7, 11) is 0. The van der Waals surface area contributed by atoms with E-state index in [2.05, 4.69) is 5.32 Å². The molecule has 0 spiro atoms. The Labute approximate surface area is 111 Å². The van der Waals surface area contributed by atoms with Crippen molar-refractivity contribution in [2.75, 3.05) is 11.9 Å². The predicted molar refractivity (Wildman–Crippen MR) is 70.7 cm³/mol. The van der Waals surface area contributed by atoms with Crippen LogP contribution < -0.4 is 5.32 Å². The van der Waals surface area contributed by atoms with Crippen molar-refractivity contribution in [1.82, 2.24) is 0 Å². The van der Waals surface area contributed by atoms with Crippen LogP contribution in [-0.4, -0.2) is 11.5 Å². The van der Waals surface area contributed by atoms with Crippen LogP contribution in [0, 0.1) is 32.8 Å². The first kappa shape index (κ1) is 12.0. The molecule has 2 aliphatic rings. The van der Waals surface area contributed by atoms with Crippen LogP contribution in [0.4, 0.5) is 11.4 Å². The maximum atomic E-state index is 10.9. The van der Waals surface area contributed by atoms with Gasteiger partial charge in [-0.25, -0.2) is 0 Å². The predicted octanol–water partition coefficient (Wildman–Crippen LogP) is 3.07. The Hall–Kier alpha value is -2.09. The maximum Gasteiger partial charge on any atom is 0.289 e. The Morgan fingerprint density at radius 3 is 2.74 bits per heavy atom. The zero-order valence-corrected chi connectivity index (χ0v) is 10.6. The summed E-state index contributed by atoms with van der Waals surface area (Å²) in [5, 5.41) is 23.0. The third-order valence-electron chi connectivity index (χ3n) is 4.30. The SMILES string of the molecule is N#Cc1ccc(NCC2(C3CC3)CC2)cc1[N+](=O)[O-]. The van der Waals surface area contributed by atoms with Gasteiger partial charge < -0.3 is 5.32 Å². The number of benzene rings is 1. The number of nitrogens with zero attached hydrogens (tertiary/aromatic N) is 2. The van der Waals surface area contributed by atoms with E-state index >= 15 is 0 Å². The van der Waals surface area contributed by atoms with Crippen LogP contribution in [0.15, 0.2) is 18.2 Å². The lowest BCUT2D eigenvalue weighted by Crippen LogP contribution is -2.17. The minimum absolute atomic E-state index is 0.110. The van der Waals surface area contributed by atoms with Crippen molar-refractivity contribution >= 4 is 11.4 Å². The van der Waals surface area contributed by atoms with E-state index in [4.69, 9.17) is 5.26 Å². The van der Waals surface area contributed by atoms with Gasteiger partial charge in [-0.05, 0) is 49.1 Å². The molecule has 5 nitrogen and oxygen atoms in total. The minimum atomic E-state index is -0.502. The first-order valence-electron chi connectivity index (χ1n) is 6.57. The lowest BCUT2D eigenvalue weighted by molar-refractivity contribution is -0.385. The molecule has 1 aromatic carbocycles. The summed E-state index contributed by atoms with van der Waals surface area (Å²) < 4.78 is 0. The zero-order valence-electron chi connectivity index (χ0n) is 10.6. The molecule has 2 saturated carbocycles. The highest BCUT2D eigenvalue weighted by Gasteiger charge is 2.53. The summed E-state index contributed by atoms with van der Waals surface area (Å²) in [5.41, 5.74) is 1.17. The van der Waals surface area contributed by atoms with Gasteiger partial charge in [-0.2, -0.15) is 5.26 Å². The Balaban J connectivity index is 1.73. The Morgan fingerprint density at radius 1 is 1.47 bits per heavy atom. The molecular formula is C14H15N3O2. The summed E-state index contributed by atoms with van der Waals surface area (Å²) >= 11 is 0. The first-order valence-corrected chi connectivity index (χ1v) is 6.57. The number of nitro groups is 1. The topological polar surface area (TPSA) is 79.0 Å². The molecule has 5 heteroatoms. The number of rotatable bonds is 5. The number of nitriles is 1. The average Bonchev–Trinajstić information content (AvgIpc) is 3.28. The highest BCUT2D eigenvalue weighted by atomic mass is 16.6. The molecule has 0 saturated heterocycles. The summed E-state index contributed by atoms with van der Waals surface area (Å²) in [6.07, 6.45) is 5.19. The summed E-state index contributed by atoms with van der Waals surface area (Å²) in [6.45, 7) is 0.890. The molecule has 98 valence electrons. The fourth-order valence-electron chi connectivity index (χ4n) is 2.75. The third-order valence-corrected chi connectivity index (χ3v) is 4.30. The van der Waals surface area contributed by atoms with Crippen LogP contribution in [-0.2, 0) is 0 Å². The lowest BCUT2D eigenvalue weighted by Gasteiger charge is -2.15. The molecule has 0 radical (unpaired) electrons. The molecule has 2 aliphatic carbocycles. The number of nitrogens with one attached hydrogen (secondary N) is 1. The Kier molecular flexibility index (Phi) is 2.67. The second kappa shape index (κ2) is 4.23. The van der Waals surface area contributed by atoms with Crippen molar-refractivity contribution < 1.29 is 4.92 Å². The first-order chi connectivity index (χ1) is 9.14. The number of anilines is 1. The smallest absolute Gasteiger partial charge is 0.289 e. The van der Waals surface area contributed by atoms with Gasteiger partial charge in [-0.15, -0.1) is 0 Å². The normalized spacial score (nSPS) is 19.5. The van der Waals surface area contributed by atoms with Crippen LogP contribution in [0.2, 0.25) is 0 Å². The summed E-state index contributed by atoms with van der Waals surface area (Å²) in [6, 6.07) is 6.56. The van der Waals surface area contributed by atoms with Gasteiger partial charge >= 0.3 is 0 Å². The lowest BCUT2D eigenvalue weighted by atomic mass is 10.0. The fourth-order valence-corrected chi connectivity index (χ4v) is 2.75. The number of hydrogen-bond acceptors (Lipinski definition) is 4. The second-order valence-electron chi connectivity index (χ2n) is 5.59. The highest BCUT2D eigenvalue weighted by molar-refractivity contribution is 5.59. The number of nitro benzene ring substituents is 1. The van der Waals surface area contributed by atoms with Crippen molar-refractivity contribution in [3.05, 3.63) is 33.9 Å². The van der Waals surface area contributed by atoms with E-state index in [1.54, 1.807) is 6.07 Å². The molecule has 0 unspecified atom stereocenters. The van der Waals surface area contributed by atoms with Crippen molar-refractivity contribution in [3.63, 3.8) is 0 Å². The minimum Gasteiger partial charge on any atom is -0.384 e. The second-order valence-corrected chi connectivity index (χ2v) is 5.59. The van der Waals surface area contributed by atoms with Crippen LogP contribution in [0.1, 0.15) is 31.2 Å². The molecule has 2 fully saturated rings. The molecule has 0 atom stereocenters. The van der Waals surface area contributed by atoms with Gasteiger partial charge in [0.05, 0.1) is 4.92 Å². The maximum absolute atomic E-state index is 10.9. The van der Waals surface area contributed by atoms with Crippen molar-refractivity contribution in [3.8, 4) is 6.07 Å². The molecule has 1 N–H and O–H groups in total. The van der Waals surface area contributed by atoms with Gasteiger partial charge in [0.2, 0.25) is 0 Å². The molecule has 0 amide bonds. The van der Waals surface area contributed by atoms with Crippen molar-refractivity contribution in [1.29, 1.82) is 5.26 Å². The Morgan fingerprint density at radius 2 is 2.21 bits per heavy atom. The summed E-state index contributed by atoms with van der Waals surface area (Å²) in [5.74, 6) is 0.855. The quantitative estimate of drug-likeness (QED) is 0.649. The van der Waals surface area contributed by atoms with Gasteiger partial charge in [0.1, 0.15) is 11.6 Å². The van der Waals surface area contributed by atoms with E-state index in [-0.39, 0.29) is 11.3 Å². The van der Waals surface area contributed by atoms with Gasteiger partial charge in [0, 0.05) is 18.3 Å². The van der Waals surface area contributed by atoms with E-state index < -0.39 is 4.92 Å². The standard InChI is InChI=1S/C14H15N3O2/c15-8-10-1-4-12(7-13(10)17(18)19)16-9-14(5-6-14)11-2-3-11/h1,4,7,11,16H,2-3,5-6,9H2. The van der Waals surface area contributed by atoms with E-state index in [1.807, 2.05) is 6.07 Å². The van der Waals surface area contributed by atoms with Gasteiger partial charge in [-0.1, -0.05) is 0 Å². The van der Waals surface area contributed by atoms with Crippen LogP contribution in [0.25, 0.3) is 0 Å². The van der Waals surface area contributed by atoms with Crippen molar-refractivity contribution in [2.24, 2.45) is 11.3 Å². The fraction of sp³-hybridized carbons (Fsp3) is 0.500. The monoisotopic (exact) mass is 257 g/mol. The average molecular weight is 257 g/mol. The molecule has 0 aromatic heterocycles. The van der Waals surface area contributed by atoms with Crippen LogP contribution in [0.3, 0.4) is 0 Å². The van der Waals surface area contributed by atoms with Gasteiger partial charge in [0.25, 0.3) is 5.69 Å². The zero-order chi connectivity index (χ0) is 13.5. The van der Waals surface area contributed by atoms with E-state index in [9.17, 15) is 10.1 Å². The molecular weight excluding hydrogens is 242 g/mol. The molecule has 0 heterocycles. The Bertz CT molecular complexity index is 569. The van der Waals surface area contributed by atoms with Crippen LogP contribution in [0.5, 0.6) is 0 Å². The number of hydrogen-bond donors (Lipinski definition) is 1. The van der Waals surface area contributed by atoms with E-state index in [0.29, 0.717) is 5.41 Å². The van der Waals surface area contributed by atoms with E-state index in [0.717, 1.165) is 18.2 Å². The third kappa shape index (κ3) is 2.26. The molecule has 0 bridgehead atoms. The molecule has 19 heavy (non-hydrogen) atoms.